The van der Waals surface area contributed by atoms with E-state index in [2.05, 4.69) is 27.3 Å². The van der Waals surface area contributed by atoms with Gasteiger partial charge in [-0.25, -0.2) is 0 Å². The van der Waals surface area contributed by atoms with E-state index in [1.165, 1.54) is 4.88 Å². The summed E-state index contributed by atoms with van der Waals surface area (Å²) >= 11 is 5.08. The molecular weight excluding hydrogens is 252 g/mol. The minimum Gasteiger partial charge on any atom is -0.390 e. The molecule has 0 amide bonds. The van der Waals surface area contributed by atoms with Gasteiger partial charge in [0.05, 0.1) is 9.89 Å². The topological polar surface area (TPSA) is 58.3 Å². The van der Waals surface area contributed by atoms with Crippen molar-refractivity contribution in [2.24, 2.45) is 5.73 Å². The molecule has 1 rings (SSSR count). The third kappa shape index (κ3) is 4.19. The van der Waals surface area contributed by atoms with Crippen LogP contribution in [0.2, 0.25) is 0 Å². The maximum atomic E-state index is 9.15. The molecule has 0 bridgehead atoms. The number of hydrogen-bond donors (Lipinski definition) is 3. The van der Waals surface area contributed by atoms with E-state index in [1.54, 1.807) is 11.3 Å². The molecule has 1 unspecified atom stereocenters. The van der Waals surface area contributed by atoms with Crippen molar-refractivity contribution in [3.8, 4) is 0 Å². The number of rotatable bonds is 5. The predicted octanol–water partition coefficient (Wildman–Crippen LogP) is 0.920. The van der Waals surface area contributed by atoms with Gasteiger partial charge in [0.15, 0.2) is 0 Å². The molecule has 0 aliphatic rings. The van der Waals surface area contributed by atoms with Crippen LogP contribution in [0.5, 0.6) is 0 Å². The van der Waals surface area contributed by atoms with E-state index in [9.17, 15) is 0 Å². The number of thiophene rings is 1. The highest BCUT2D eigenvalue weighted by Gasteiger charge is 2.01. The zero-order valence-electron chi connectivity index (χ0n) is 7.16. The molecular formula is C8H13BrN2OS. The summed E-state index contributed by atoms with van der Waals surface area (Å²) in [6, 6.07) is 4.07. The monoisotopic (exact) mass is 264 g/mol. The van der Waals surface area contributed by atoms with Gasteiger partial charge in [0.25, 0.3) is 0 Å². The van der Waals surface area contributed by atoms with Crippen LogP contribution >= 0.6 is 27.3 Å². The van der Waals surface area contributed by atoms with E-state index in [4.69, 9.17) is 10.8 Å². The second-order valence-corrected chi connectivity index (χ2v) is 5.27. The van der Waals surface area contributed by atoms with Crippen LogP contribution in [0.4, 0.5) is 0 Å². The Morgan fingerprint density at radius 3 is 2.92 bits per heavy atom. The summed E-state index contributed by atoms with van der Waals surface area (Å²) in [4.78, 5) is 1.25. The van der Waals surface area contributed by atoms with Crippen LogP contribution in [0.1, 0.15) is 4.88 Å². The van der Waals surface area contributed by atoms with Crippen LogP contribution < -0.4 is 11.1 Å². The second kappa shape index (κ2) is 5.72. The largest absolute Gasteiger partial charge is 0.390 e. The van der Waals surface area contributed by atoms with Crippen LogP contribution in [-0.2, 0) is 6.54 Å². The fourth-order valence-corrected chi connectivity index (χ4v) is 2.34. The van der Waals surface area contributed by atoms with Crippen molar-refractivity contribution < 1.29 is 5.11 Å². The zero-order chi connectivity index (χ0) is 9.68. The molecule has 0 spiro atoms. The van der Waals surface area contributed by atoms with Crippen LogP contribution in [0.15, 0.2) is 15.9 Å². The normalized spacial score (nSPS) is 13.2. The summed E-state index contributed by atoms with van der Waals surface area (Å²) in [5, 5.41) is 12.3. The molecule has 0 radical (unpaired) electrons. The van der Waals surface area contributed by atoms with Gasteiger partial charge < -0.3 is 16.2 Å². The van der Waals surface area contributed by atoms with Crippen LogP contribution in [0.3, 0.4) is 0 Å². The lowest BCUT2D eigenvalue weighted by Gasteiger charge is -2.07. The average molecular weight is 265 g/mol. The molecule has 13 heavy (non-hydrogen) atoms. The van der Waals surface area contributed by atoms with Crippen molar-refractivity contribution in [2.45, 2.75) is 12.6 Å². The number of aliphatic hydroxyl groups excluding tert-OH is 1. The standard InChI is InChI=1S/C8H13BrN2OS/c9-8-2-1-7(13-8)5-11-4-6(12)3-10/h1-2,6,11-12H,3-5,10H2. The lowest BCUT2D eigenvalue weighted by Crippen LogP contribution is -2.32. The van der Waals surface area contributed by atoms with Crippen molar-refractivity contribution in [2.75, 3.05) is 13.1 Å². The van der Waals surface area contributed by atoms with E-state index in [-0.39, 0.29) is 0 Å². The van der Waals surface area contributed by atoms with Gasteiger partial charge in [-0.3, -0.25) is 0 Å². The molecule has 0 aliphatic heterocycles. The Morgan fingerprint density at radius 2 is 2.38 bits per heavy atom. The molecule has 0 saturated heterocycles. The Labute approximate surface area is 90.1 Å². The first-order chi connectivity index (χ1) is 6.22. The molecule has 1 aromatic rings. The van der Waals surface area contributed by atoms with E-state index in [0.717, 1.165) is 10.3 Å². The Bertz CT molecular complexity index is 254. The van der Waals surface area contributed by atoms with Gasteiger partial charge in [-0.05, 0) is 28.1 Å². The van der Waals surface area contributed by atoms with Crippen LogP contribution in [-0.4, -0.2) is 24.3 Å². The molecule has 3 nitrogen and oxygen atoms in total. The predicted molar refractivity (Wildman–Crippen MR) is 58.8 cm³/mol. The fraction of sp³-hybridized carbons (Fsp3) is 0.500. The van der Waals surface area contributed by atoms with Gasteiger partial charge in [0.2, 0.25) is 0 Å². The molecule has 4 N–H and O–H groups in total. The van der Waals surface area contributed by atoms with Crippen molar-refractivity contribution >= 4 is 27.3 Å². The first-order valence-electron chi connectivity index (χ1n) is 4.05. The van der Waals surface area contributed by atoms with Crippen molar-refractivity contribution in [3.05, 3.63) is 20.8 Å². The number of halogens is 1. The third-order valence-corrected chi connectivity index (χ3v) is 3.20. The van der Waals surface area contributed by atoms with E-state index in [0.29, 0.717) is 13.1 Å². The quantitative estimate of drug-likeness (QED) is 0.742. The minimum atomic E-state index is -0.441. The summed E-state index contributed by atoms with van der Waals surface area (Å²) in [5.41, 5.74) is 5.26. The van der Waals surface area contributed by atoms with Gasteiger partial charge in [-0.1, -0.05) is 0 Å². The molecule has 0 saturated carbocycles. The van der Waals surface area contributed by atoms with Gasteiger partial charge in [-0.2, -0.15) is 0 Å². The number of nitrogens with two attached hydrogens (primary N) is 1. The first kappa shape index (κ1) is 11.1. The number of aliphatic hydroxyl groups is 1. The molecule has 74 valence electrons. The Balaban J connectivity index is 2.20. The summed E-state index contributed by atoms with van der Waals surface area (Å²) in [6.45, 7) is 1.64. The van der Waals surface area contributed by atoms with Gasteiger partial charge in [-0.15, -0.1) is 11.3 Å². The maximum Gasteiger partial charge on any atom is 0.0786 e. The lowest BCUT2D eigenvalue weighted by atomic mass is 10.3. The molecule has 0 aromatic carbocycles. The highest BCUT2D eigenvalue weighted by Crippen LogP contribution is 2.21. The van der Waals surface area contributed by atoms with Gasteiger partial charge in [0.1, 0.15) is 0 Å². The molecule has 1 heterocycles. The third-order valence-electron chi connectivity index (χ3n) is 1.58. The molecule has 5 heteroatoms. The van der Waals surface area contributed by atoms with Crippen LogP contribution in [0.25, 0.3) is 0 Å². The summed E-state index contributed by atoms with van der Waals surface area (Å²) in [5.74, 6) is 0. The highest BCUT2D eigenvalue weighted by atomic mass is 79.9. The molecule has 0 fully saturated rings. The molecule has 1 atom stereocenters. The number of nitrogens with one attached hydrogen (secondary N) is 1. The lowest BCUT2D eigenvalue weighted by molar-refractivity contribution is 0.179. The van der Waals surface area contributed by atoms with Crippen molar-refractivity contribution in [3.63, 3.8) is 0 Å². The second-order valence-electron chi connectivity index (χ2n) is 2.73. The zero-order valence-corrected chi connectivity index (χ0v) is 9.57. The van der Waals surface area contributed by atoms with E-state index in [1.807, 2.05) is 6.07 Å². The summed E-state index contributed by atoms with van der Waals surface area (Å²) in [7, 11) is 0. The Kier molecular flexibility index (Phi) is 4.90. The average Bonchev–Trinajstić information content (AvgIpc) is 2.51. The maximum absolute atomic E-state index is 9.15. The summed E-state index contributed by atoms with van der Waals surface area (Å²) < 4.78 is 1.13. The van der Waals surface area contributed by atoms with Gasteiger partial charge >= 0.3 is 0 Å². The highest BCUT2D eigenvalue weighted by molar-refractivity contribution is 9.11. The van der Waals surface area contributed by atoms with Crippen molar-refractivity contribution in [1.82, 2.24) is 5.32 Å². The molecule has 1 aromatic heterocycles. The Morgan fingerprint density at radius 1 is 1.62 bits per heavy atom. The first-order valence-corrected chi connectivity index (χ1v) is 5.66. The minimum absolute atomic E-state index is 0.307. The fourth-order valence-electron chi connectivity index (χ4n) is 0.892. The van der Waals surface area contributed by atoms with Gasteiger partial charge in [0, 0.05) is 24.5 Å². The molecule has 0 aliphatic carbocycles. The summed E-state index contributed by atoms with van der Waals surface area (Å²) in [6.07, 6.45) is -0.441. The SMILES string of the molecule is NCC(O)CNCc1ccc(Br)s1. The smallest absolute Gasteiger partial charge is 0.0786 e. The Hall–Kier alpha value is 0.0600. The van der Waals surface area contributed by atoms with Crippen LogP contribution in [0, 0.1) is 0 Å². The van der Waals surface area contributed by atoms with E-state index < -0.39 is 6.10 Å². The van der Waals surface area contributed by atoms with E-state index >= 15 is 0 Å². The number of hydrogen-bond acceptors (Lipinski definition) is 4. The van der Waals surface area contributed by atoms with Crippen molar-refractivity contribution in [1.29, 1.82) is 0 Å².